The molecule has 0 amide bonds. The van der Waals surface area contributed by atoms with Crippen LogP contribution in [0.3, 0.4) is 0 Å². The van der Waals surface area contributed by atoms with E-state index < -0.39 is 17.6 Å². The van der Waals surface area contributed by atoms with Gasteiger partial charge in [0.05, 0.1) is 5.69 Å². The largest absolute Gasteiger partial charge is 0.525 e. The van der Waals surface area contributed by atoms with Crippen molar-refractivity contribution in [2.45, 2.75) is 79.6 Å². The summed E-state index contributed by atoms with van der Waals surface area (Å²) in [5, 5.41) is 0. The number of hydrogen-bond donors (Lipinski definition) is 0. The Kier molecular flexibility index (Phi) is 17.0. The first-order valence-corrected chi connectivity index (χ1v) is 21.2. The highest BCUT2D eigenvalue weighted by atomic mass is 28.4. The second-order valence-corrected chi connectivity index (χ2v) is 16.3. The quantitative estimate of drug-likeness (QED) is 0.0625. The normalized spacial score (nSPS) is 13.2. The molecule has 9 nitrogen and oxygen atoms in total. The molecule has 264 valence electrons. The second-order valence-electron chi connectivity index (χ2n) is 10.8. The van der Waals surface area contributed by atoms with Crippen LogP contribution in [0.2, 0.25) is 0 Å². The van der Waals surface area contributed by atoms with Gasteiger partial charge in [-0.1, -0.05) is 68.4 Å². The summed E-state index contributed by atoms with van der Waals surface area (Å²) < 4.78 is 39.8. The summed E-state index contributed by atoms with van der Waals surface area (Å²) in [5.41, 5.74) is 1.98. The number of para-hydroxylation sites is 3. The van der Waals surface area contributed by atoms with Gasteiger partial charge in [0.15, 0.2) is 0 Å². The Labute approximate surface area is 291 Å². The third-order valence-corrected chi connectivity index (χ3v) is 14.9. The molecule has 0 aliphatic carbocycles. The first kappa shape index (κ1) is 39.6. The third-order valence-electron chi connectivity index (χ3n) is 7.77. The van der Waals surface area contributed by atoms with E-state index in [1.807, 2.05) is 108 Å². The van der Waals surface area contributed by atoms with Crippen molar-refractivity contribution in [3.05, 3.63) is 91.0 Å². The summed E-state index contributed by atoms with van der Waals surface area (Å²) in [4.78, 5) is 10.0. The molecule has 11 heteroatoms. The maximum atomic E-state index is 6.64. The summed E-state index contributed by atoms with van der Waals surface area (Å²) in [7, 11) is -6.80. The fourth-order valence-corrected chi connectivity index (χ4v) is 12.3. The molecular formula is C37H57N3O6Si2. The first-order valence-electron chi connectivity index (χ1n) is 17.6. The molecule has 3 rings (SSSR count). The zero-order chi connectivity index (χ0) is 34.8. The maximum absolute atomic E-state index is 6.64. The lowest BCUT2D eigenvalue weighted by molar-refractivity contribution is 0.0617. The molecule has 0 aromatic heterocycles. The van der Waals surface area contributed by atoms with E-state index in [-0.39, 0.29) is 11.3 Å². The molecule has 0 bridgehead atoms. The fourth-order valence-electron chi connectivity index (χ4n) is 6.10. The molecule has 3 aromatic rings. The van der Waals surface area contributed by atoms with E-state index in [1.165, 1.54) is 0 Å². The molecule has 2 unspecified atom stereocenters. The standard InChI is InChI=1S/C37H57N3O6Si2/c1-9-35(47(41-11-3,42-12-4)43-13-5)39(33-28-22-18-23-29-33)37(38-32-26-20-17-21-27-32)40(34-30-24-19-25-31-34)36(10-2)48(44-14-6,45-15-7)46-16-8/h17-31,35-36H,9-16H2,1-8H3. The number of anilines is 2. The van der Waals surface area contributed by atoms with Crippen molar-refractivity contribution in [3.63, 3.8) is 0 Å². The number of benzene rings is 3. The minimum absolute atomic E-state index is 0.340. The monoisotopic (exact) mass is 695 g/mol. The summed E-state index contributed by atoms with van der Waals surface area (Å²) in [5.74, 6) is 0.671. The van der Waals surface area contributed by atoms with Crippen LogP contribution in [0.1, 0.15) is 68.2 Å². The van der Waals surface area contributed by atoms with Crippen LogP contribution >= 0.6 is 0 Å². The van der Waals surface area contributed by atoms with E-state index in [9.17, 15) is 0 Å². The first-order chi connectivity index (χ1) is 23.4. The van der Waals surface area contributed by atoms with Crippen molar-refractivity contribution in [1.29, 1.82) is 0 Å². The molecule has 0 saturated heterocycles. The van der Waals surface area contributed by atoms with Gasteiger partial charge in [-0.3, -0.25) is 0 Å². The average Bonchev–Trinajstić information content (AvgIpc) is 3.10. The van der Waals surface area contributed by atoms with Crippen LogP contribution in [0.15, 0.2) is 96.0 Å². The molecule has 0 fully saturated rings. The lowest BCUT2D eigenvalue weighted by atomic mass is 10.2. The van der Waals surface area contributed by atoms with E-state index >= 15 is 0 Å². The van der Waals surface area contributed by atoms with Crippen LogP contribution in [-0.2, 0) is 26.6 Å². The van der Waals surface area contributed by atoms with Gasteiger partial charge in [0.25, 0.3) is 0 Å². The summed E-state index contributed by atoms with van der Waals surface area (Å²) in [6.45, 7) is 19.0. The van der Waals surface area contributed by atoms with E-state index in [0.29, 0.717) is 58.4 Å². The van der Waals surface area contributed by atoms with Crippen molar-refractivity contribution < 1.29 is 26.6 Å². The average molecular weight is 696 g/mol. The molecule has 0 aliphatic heterocycles. The summed E-state index contributed by atoms with van der Waals surface area (Å²) >= 11 is 0. The van der Waals surface area contributed by atoms with Crippen LogP contribution in [0.5, 0.6) is 0 Å². The van der Waals surface area contributed by atoms with Gasteiger partial charge < -0.3 is 36.4 Å². The van der Waals surface area contributed by atoms with Gasteiger partial charge in [0.1, 0.15) is 11.3 Å². The molecule has 3 aromatic carbocycles. The van der Waals surface area contributed by atoms with Gasteiger partial charge in [0.2, 0.25) is 5.96 Å². The number of hydrogen-bond acceptors (Lipinski definition) is 7. The van der Waals surface area contributed by atoms with Crippen LogP contribution < -0.4 is 9.80 Å². The van der Waals surface area contributed by atoms with Gasteiger partial charge >= 0.3 is 17.6 Å². The third kappa shape index (κ3) is 9.63. The highest BCUT2D eigenvalue weighted by Crippen LogP contribution is 2.35. The van der Waals surface area contributed by atoms with Crippen molar-refractivity contribution in [2.24, 2.45) is 4.99 Å². The Morgan fingerprint density at radius 1 is 0.479 bits per heavy atom. The summed E-state index contributed by atoms with van der Waals surface area (Å²) in [6, 6.07) is 30.7. The van der Waals surface area contributed by atoms with Gasteiger partial charge in [-0.15, -0.1) is 0 Å². The molecule has 0 radical (unpaired) electrons. The van der Waals surface area contributed by atoms with Crippen LogP contribution in [0, 0.1) is 0 Å². The number of rotatable bonds is 21. The zero-order valence-corrected chi connectivity index (χ0v) is 32.3. The molecule has 0 heterocycles. The lowest BCUT2D eigenvalue weighted by Gasteiger charge is -2.48. The van der Waals surface area contributed by atoms with Gasteiger partial charge in [-0.25, -0.2) is 4.99 Å². The molecule has 0 aliphatic rings. The molecule has 0 spiro atoms. The van der Waals surface area contributed by atoms with Crippen LogP contribution in [0.4, 0.5) is 17.1 Å². The molecule has 48 heavy (non-hydrogen) atoms. The van der Waals surface area contributed by atoms with E-state index in [2.05, 4.69) is 47.9 Å². The van der Waals surface area contributed by atoms with Gasteiger partial charge in [-0.2, -0.15) is 0 Å². The Balaban J connectivity index is 2.55. The zero-order valence-electron chi connectivity index (χ0n) is 30.3. The summed E-state index contributed by atoms with van der Waals surface area (Å²) in [6.07, 6.45) is 1.33. The van der Waals surface area contributed by atoms with Crippen molar-refractivity contribution >= 4 is 40.6 Å². The SMILES string of the molecule is CCO[Si](OCC)(OCC)C(CC)N(C(=Nc1ccccc1)N(c1ccccc1)C(CC)[Si](OCC)(OCC)OCC)c1ccccc1. The Bertz CT molecular complexity index is 1210. The number of aliphatic imine (C=N–C) groups is 1. The maximum Gasteiger partial charge on any atom is 0.525 e. The highest BCUT2D eigenvalue weighted by Gasteiger charge is 2.57. The second kappa shape index (κ2) is 20.6. The molecule has 2 atom stereocenters. The Hall–Kier alpha value is -2.88. The highest BCUT2D eigenvalue weighted by molar-refractivity contribution is 6.65. The van der Waals surface area contributed by atoms with Crippen LogP contribution in [-0.4, -0.2) is 74.5 Å². The lowest BCUT2D eigenvalue weighted by Crippen LogP contribution is -2.70. The number of guanidine groups is 1. The van der Waals surface area contributed by atoms with Crippen LogP contribution in [0.25, 0.3) is 0 Å². The predicted octanol–water partition coefficient (Wildman–Crippen LogP) is 8.42. The topological polar surface area (TPSA) is 74.2 Å². The minimum Gasteiger partial charge on any atom is -0.373 e. The van der Waals surface area contributed by atoms with Crippen molar-refractivity contribution in [3.8, 4) is 0 Å². The van der Waals surface area contributed by atoms with Gasteiger partial charge in [-0.05, 0) is 90.8 Å². The fraction of sp³-hybridized carbons (Fsp3) is 0.486. The van der Waals surface area contributed by atoms with Crippen molar-refractivity contribution in [2.75, 3.05) is 49.4 Å². The van der Waals surface area contributed by atoms with E-state index in [0.717, 1.165) is 17.1 Å². The smallest absolute Gasteiger partial charge is 0.373 e. The van der Waals surface area contributed by atoms with E-state index in [4.69, 9.17) is 31.5 Å². The molecule has 0 N–H and O–H groups in total. The molecule has 0 saturated carbocycles. The Morgan fingerprint density at radius 3 is 1.04 bits per heavy atom. The number of nitrogens with zero attached hydrogens (tertiary/aromatic N) is 3. The predicted molar refractivity (Wildman–Crippen MR) is 201 cm³/mol. The van der Waals surface area contributed by atoms with Gasteiger partial charge in [0, 0.05) is 51.0 Å². The van der Waals surface area contributed by atoms with E-state index in [1.54, 1.807) is 0 Å². The van der Waals surface area contributed by atoms with Crippen molar-refractivity contribution in [1.82, 2.24) is 0 Å². The Morgan fingerprint density at radius 2 is 0.771 bits per heavy atom. The molecular weight excluding hydrogens is 639 g/mol. The minimum atomic E-state index is -3.40.